The fourth-order valence-electron chi connectivity index (χ4n) is 2.07. The van der Waals surface area contributed by atoms with E-state index in [1.165, 1.54) is 5.56 Å². The van der Waals surface area contributed by atoms with Crippen molar-refractivity contribution in [3.8, 4) is 0 Å². The molecule has 17 heavy (non-hydrogen) atoms. The van der Waals surface area contributed by atoms with E-state index in [2.05, 4.69) is 18.2 Å². The molecule has 1 aliphatic rings. The summed E-state index contributed by atoms with van der Waals surface area (Å²) in [7, 11) is 0. The molecule has 0 radical (unpaired) electrons. The topological polar surface area (TPSA) is 17.1 Å². The quantitative estimate of drug-likeness (QED) is 0.731. The van der Waals surface area contributed by atoms with Crippen LogP contribution in [-0.4, -0.2) is 5.24 Å². The van der Waals surface area contributed by atoms with E-state index in [0.29, 0.717) is 6.42 Å². The second-order valence-corrected chi connectivity index (χ2v) is 4.69. The van der Waals surface area contributed by atoms with Gasteiger partial charge in [-0.25, -0.2) is 0 Å². The van der Waals surface area contributed by atoms with Gasteiger partial charge >= 0.3 is 0 Å². The number of benzene rings is 1. The van der Waals surface area contributed by atoms with Crippen molar-refractivity contribution in [1.82, 2.24) is 0 Å². The highest BCUT2D eigenvalue weighted by Crippen LogP contribution is 2.37. The Balaban J connectivity index is 2.25. The fourth-order valence-corrected chi connectivity index (χ4v) is 2.34. The van der Waals surface area contributed by atoms with Crippen molar-refractivity contribution in [2.24, 2.45) is 5.41 Å². The molecule has 0 aromatic heterocycles. The van der Waals surface area contributed by atoms with Crippen LogP contribution in [0.15, 0.2) is 48.6 Å². The van der Waals surface area contributed by atoms with Crippen LogP contribution < -0.4 is 0 Å². The summed E-state index contributed by atoms with van der Waals surface area (Å²) in [6, 6.07) is 10.2. The molecule has 0 fully saturated rings. The van der Waals surface area contributed by atoms with Crippen LogP contribution >= 0.6 is 11.6 Å². The van der Waals surface area contributed by atoms with E-state index in [1.807, 2.05) is 37.3 Å². The van der Waals surface area contributed by atoms with Crippen molar-refractivity contribution in [2.45, 2.75) is 19.8 Å². The highest BCUT2D eigenvalue weighted by Gasteiger charge is 2.33. The maximum Gasteiger partial charge on any atom is 0.231 e. The predicted molar refractivity (Wildman–Crippen MR) is 71.8 cm³/mol. The van der Waals surface area contributed by atoms with E-state index in [9.17, 15) is 4.79 Å². The predicted octanol–water partition coefficient (Wildman–Crippen LogP) is 4.19. The Morgan fingerprint density at radius 2 is 2.06 bits per heavy atom. The van der Waals surface area contributed by atoms with E-state index in [1.54, 1.807) is 0 Å². The number of hydrogen-bond acceptors (Lipinski definition) is 1. The Morgan fingerprint density at radius 1 is 1.35 bits per heavy atom. The average molecular weight is 247 g/mol. The van der Waals surface area contributed by atoms with Gasteiger partial charge in [-0.05, 0) is 35.6 Å². The third kappa shape index (κ3) is 2.34. The van der Waals surface area contributed by atoms with Gasteiger partial charge in [0.15, 0.2) is 0 Å². The molecule has 0 saturated heterocycles. The number of halogens is 1. The van der Waals surface area contributed by atoms with E-state index >= 15 is 0 Å². The van der Waals surface area contributed by atoms with Gasteiger partial charge in [0.1, 0.15) is 0 Å². The monoisotopic (exact) mass is 246 g/mol. The molecule has 88 valence electrons. The van der Waals surface area contributed by atoms with Gasteiger partial charge < -0.3 is 0 Å². The van der Waals surface area contributed by atoms with Crippen molar-refractivity contribution >= 4 is 22.4 Å². The zero-order valence-corrected chi connectivity index (χ0v) is 10.6. The number of hydrogen-bond donors (Lipinski definition) is 0. The van der Waals surface area contributed by atoms with Gasteiger partial charge in [0.25, 0.3) is 0 Å². The maximum absolute atomic E-state index is 11.5. The molecular weight excluding hydrogens is 232 g/mol. The summed E-state index contributed by atoms with van der Waals surface area (Å²) in [5.41, 5.74) is 1.84. The van der Waals surface area contributed by atoms with Crippen molar-refractivity contribution in [1.29, 1.82) is 0 Å². The minimum Gasteiger partial charge on any atom is -0.280 e. The Hall–Kier alpha value is -1.34. The first-order valence-electron chi connectivity index (χ1n) is 5.83. The second-order valence-electron chi connectivity index (χ2n) is 4.35. The van der Waals surface area contributed by atoms with Crippen molar-refractivity contribution in [3.63, 3.8) is 0 Å². The molecule has 0 saturated carbocycles. The SMILES string of the molecule is CCC1(C(=O)Cl)C=CC(c2ccccc2)=CC1. The molecule has 0 N–H and O–H groups in total. The second kappa shape index (κ2) is 4.89. The first kappa shape index (κ1) is 12.1. The van der Waals surface area contributed by atoms with Crippen molar-refractivity contribution in [2.75, 3.05) is 0 Å². The summed E-state index contributed by atoms with van der Waals surface area (Å²) in [5.74, 6) is 0. The standard InChI is InChI=1S/C15H15ClO/c1-2-15(14(16)17)10-8-13(9-11-15)12-6-4-3-5-7-12/h3-10H,2,11H2,1H3. The molecule has 1 unspecified atom stereocenters. The summed E-state index contributed by atoms with van der Waals surface area (Å²) in [6.45, 7) is 1.99. The maximum atomic E-state index is 11.5. The first-order chi connectivity index (χ1) is 8.18. The molecule has 1 aromatic carbocycles. The minimum absolute atomic E-state index is 0.264. The van der Waals surface area contributed by atoms with Crippen LogP contribution in [0.25, 0.3) is 5.57 Å². The molecule has 1 nitrogen and oxygen atoms in total. The normalized spacial score (nSPS) is 23.3. The zero-order valence-electron chi connectivity index (χ0n) is 9.82. The van der Waals surface area contributed by atoms with Crippen LogP contribution in [0.1, 0.15) is 25.3 Å². The molecule has 0 spiro atoms. The Labute approximate surface area is 107 Å². The van der Waals surface area contributed by atoms with Crippen LogP contribution in [-0.2, 0) is 4.79 Å². The van der Waals surface area contributed by atoms with Gasteiger partial charge in [-0.15, -0.1) is 0 Å². The van der Waals surface area contributed by atoms with Gasteiger partial charge in [0, 0.05) is 0 Å². The summed E-state index contributed by atoms with van der Waals surface area (Å²) in [5, 5.41) is -0.264. The average Bonchev–Trinajstić information content (AvgIpc) is 2.39. The molecule has 0 bridgehead atoms. The number of allylic oxidation sites excluding steroid dienone is 4. The lowest BCUT2D eigenvalue weighted by Gasteiger charge is -2.27. The van der Waals surface area contributed by atoms with Gasteiger partial charge in [-0.3, -0.25) is 4.79 Å². The minimum atomic E-state index is -0.500. The molecule has 2 heteroatoms. The molecule has 1 atom stereocenters. The highest BCUT2D eigenvalue weighted by atomic mass is 35.5. The van der Waals surface area contributed by atoms with Crippen LogP contribution in [0.3, 0.4) is 0 Å². The van der Waals surface area contributed by atoms with Gasteiger partial charge in [-0.2, -0.15) is 0 Å². The fraction of sp³-hybridized carbons (Fsp3) is 0.267. The van der Waals surface area contributed by atoms with E-state index in [4.69, 9.17) is 11.6 Å². The number of rotatable bonds is 3. The van der Waals surface area contributed by atoms with E-state index in [0.717, 1.165) is 12.0 Å². The van der Waals surface area contributed by atoms with E-state index in [-0.39, 0.29) is 5.24 Å². The third-order valence-electron chi connectivity index (χ3n) is 3.40. The molecule has 0 amide bonds. The lowest BCUT2D eigenvalue weighted by Crippen LogP contribution is -2.25. The lowest BCUT2D eigenvalue weighted by molar-refractivity contribution is -0.118. The Kier molecular flexibility index (Phi) is 3.49. The molecule has 2 rings (SSSR count). The summed E-state index contributed by atoms with van der Waals surface area (Å²) < 4.78 is 0. The Bertz CT molecular complexity index is 473. The van der Waals surface area contributed by atoms with Gasteiger partial charge in [0.2, 0.25) is 5.24 Å². The van der Waals surface area contributed by atoms with Crippen LogP contribution in [0.4, 0.5) is 0 Å². The molecular formula is C15H15ClO. The molecule has 1 aliphatic carbocycles. The van der Waals surface area contributed by atoms with Crippen LogP contribution in [0.5, 0.6) is 0 Å². The smallest absolute Gasteiger partial charge is 0.231 e. The summed E-state index contributed by atoms with van der Waals surface area (Å²) >= 11 is 5.69. The van der Waals surface area contributed by atoms with Crippen LogP contribution in [0.2, 0.25) is 0 Å². The Morgan fingerprint density at radius 3 is 2.53 bits per heavy atom. The lowest BCUT2D eigenvalue weighted by atomic mass is 9.78. The first-order valence-corrected chi connectivity index (χ1v) is 6.20. The van der Waals surface area contributed by atoms with Crippen LogP contribution in [0, 0.1) is 5.41 Å². The number of carbonyl (C=O) groups is 1. The van der Waals surface area contributed by atoms with Crippen molar-refractivity contribution < 1.29 is 4.79 Å². The highest BCUT2D eigenvalue weighted by molar-refractivity contribution is 6.65. The zero-order chi connectivity index (χ0) is 12.3. The summed E-state index contributed by atoms with van der Waals surface area (Å²) in [6.07, 6.45) is 7.48. The number of carbonyl (C=O) groups excluding carboxylic acids is 1. The van der Waals surface area contributed by atoms with Gasteiger partial charge in [0.05, 0.1) is 5.41 Å². The van der Waals surface area contributed by atoms with Gasteiger partial charge in [-0.1, -0.05) is 55.5 Å². The van der Waals surface area contributed by atoms with Crippen molar-refractivity contribution in [3.05, 3.63) is 54.1 Å². The molecule has 1 aromatic rings. The third-order valence-corrected chi connectivity index (χ3v) is 3.77. The summed E-state index contributed by atoms with van der Waals surface area (Å²) in [4.78, 5) is 11.5. The largest absolute Gasteiger partial charge is 0.280 e. The molecule has 0 aliphatic heterocycles. The van der Waals surface area contributed by atoms with E-state index < -0.39 is 5.41 Å². The molecule has 0 heterocycles.